The number of piperidine rings is 1. The van der Waals surface area contributed by atoms with Crippen molar-refractivity contribution >= 4 is 5.91 Å². The average Bonchev–Trinajstić information content (AvgIpc) is 3.01. The molecule has 1 N–H and O–H groups in total. The highest BCUT2D eigenvalue weighted by atomic mass is 16.5. The van der Waals surface area contributed by atoms with Gasteiger partial charge in [-0.2, -0.15) is 0 Å². The highest BCUT2D eigenvalue weighted by Crippen LogP contribution is 2.52. The van der Waals surface area contributed by atoms with Crippen LogP contribution in [0, 0.1) is 17.8 Å². The van der Waals surface area contributed by atoms with Crippen molar-refractivity contribution in [2.45, 2.75) is 25.4 Å². The predicted octanol–water partition coefficient (Wildman–Crippen LogP) is 2.66. The summed E-state index contributed by atoms with van der Waals surface area (Å²) in [6.07, 6.45) is 1.95. The van der Waals surface area contributed by atoms with Crippen LogP contribution in [-0.2, 0) is 24.2 Å². The Morgan fingerprint density at radius 3 is 2.33 bits per heavy atom. The maximum Gasteiger partial charge on any atom is 0.224 e. The molecule has 4 nitrogen and oxygen atoms in total. The SMILES string of the molecule is COc1ccccc1CN1C[C@@H]2C(C(=O)NC3Cc4ccccc4C3)[C@@H]2C1. The van der Waals surface area contributed by atoms with Crippen molar-refractivity contribution in [1.29, 1.82) is 0 Å². The lowest BCUT2D eigenvalue weighted by Gasteiger charge is -2.21. The minimum Gasteiger partial charge on any atom is -0.496 e. The van der Waals surface area contributed by atoms with E-state index in [9.17, 15) is 4.79 Å². The molecule has 2 aromatic rings. The molecule has 140 valence electrons. The van der Waals surface area contributed by atoms with Gasteiger partial charge in [0, 0.05) is 37.2 Å². The number of likely N-dealkylation sites (tertiary alicyclic amines) is 1. The number of nitrogens with zero attached hydrogens (tertiary/aromatic N) is 1. The summed E-state index contributed by atoms with van der Waals surface area (Å²) in [4.78, 5) is 15.2. The van der Waals surface area contributed by atoms with Gasteiger partial charge in [-0.25, -0.2) is 0 Å². The zero-order valence-electron chi connectivity index (χ0n) is 15.7. The van der Waals surface area contributed by atoms with Crippen LogP contribution in [0.1, 0.15) is 16.7 Å². The number of carbonyl (C=O) groups is 1. The maximum absolute atomic E-state index is 12.7. The number of ether oxygens (including phenoxy) is 1. The lowest BCUT2D eigenvalue weighted by atomic mass is 10.1. The molecule has 27 heavy (non-hydrogen) atoms. The quantitative estimate of drug-likeness (QED) is 0.889. The third-order valence-electron chi connectivity index (χ3n) is 6.56. The van der Waals surface area contributed by atoms with Gasteiger partial charge >= 0.3 is 0 Å². The van der Waals surface area contributed by atoms with Gasteiger partial charge in [0.05, 0.1) is 7.11 Å². The van der Waals surface area contributed by atoms with Gasteiger partial charge in [-0.3, -0.25) is 9.69 Å². The number of amides is 1. The second-order valence-corrected chi connectivity index (χ2v) is 8.24. The summed E-state index contributed by atoms with van der Waals surface area (Å²) in [6, 6.07) is 17.0. The molecule has 2 fully saturated rings. The molecule has 0 spiro atoms. The van der Waals surface area contributed by atoms with E-state index in [0.717, 1.165) is 38.2 Å². The zero-order valence-corrected chi connectivity index (χ0v) is 15.7. The van der Waals surface area contributed by atoms with E-state index >= 15 is 0 Å². The number of carbonyl (C=O) groups excluding carboxylic acids is 1. The van der Waals surface area contributed by atoms with Gasteiger partial charge in [0.25, 0.3) is 0 Å². The minimum absolute atomic E-state index is 0.225. The smallest absolute Gasteiger partial charge is 0.224 e. The van der Waals surface area contributed by atoms with Crippen LogP contribution in [0.5, 0.6) is 5.75 Å². The van der Waals surface area contributed by atoms with Crippen LogP contribution in [0.2, 0.25) is 0 Å². The molecule has 0 aromatic heterocycles. The van der Waals surface area contributed by atoms with Crippen LogP contribution in [0.15, 0.2) is 48.5 Å². The highest BCUT2D eigenvalue weighted by molar-refractivity contribution is 5.83. The summed E-state index contributed by atoms with van der Waals surface area (Å²) in [7, 11) is 1.72. The topological polar surface area (TPSA) is 41.6 Å². The van der Waals surface area contributed by atoms with Crippen molar-refractivity contribution in [3.05, 3.63) is 65.2 Å². The van der Waals surface area contributed by atoms with Gasteiger partial charge in [0.15, 0.2) is 0 Å². The van der Waals surface area contributed by atoms with E-state index in [1.165, 1.54) is 16.7 Å². The third-order valence-corrected chi connectivity index (χ3v) is 6.56. The Balaban J connectivity index is 1.13. The fraction of sp³-hybridized carbons (Fsp3) is 0.435. The lowest BCUT2D eigenvalue weighted by Crippen LogP contribution is -2.38. The van der Waals surface area contributed by atoms with Crippen LogP contribution in [-0.4, -0.2) is 37.0 Å². The summed E-state index contributed by atoms with van der Waals surface area (Å²) in [5.41, 5.74) is 4.01. The Morgan fingerprint density at radius 2 is 1.67 bits per heavy atom. The molecule has 3 aliphatic rings. The normalized spacial score (nSPS) is 26.5. The van der Waals surface area contributed by atoms with Crippen LogP contribution in [0.4, 0.5) is 0 Å². The Morgan fingerprint density at radius 1 is 1.04 bits per heavy atom. The fourth-order valence-electron chi connectivity index (χ4n) is 5.16. The Hall–Kier alpha value is -2.33. The number of benzene rings is 2. The van der Waals surface area contributed by atoms with Crippen molar-refractivity contribution in [1.82, 2.24) is 10.2 Å². The van der Waals surface area contributed by atoms with Crippen LogP contribution in [0.3, 0.4) is 0 Å². The van der Waals surface area contributed by atoms with Crippen molar-refractivity contribution in [3.63, 3.8) is 0 Å². The summed E-state index contributed by atoms with van der Waals surface area (Å²) >= 11 is 0. The first kappa shape index (κ1) is 16.8. The Kier molecular flexibility index (Phi) is 4.16. The number of rotatable bonds is 5. The summed E-state index contributed by atoms with van der Waals surface area (Å²) in [5, 5.41) is 3.32. The number of hydrogen-bond acceptors (Lipinski definition) is 3. The molecule has 1 aliphatic heterocycles. The maximum atomic E-state index is 12.7. The molecule has 1 saturated heterocycles. The van der Waals surface area contributed by atoms with Gasteiger partial charge in [-0.1, -0.05) is 42.5 Å². The molecular formula is C23H26N2O2. The number of methoxy groups -OCH3 is 1. The van der Waals surface area contributed by atoms with E-state index in [1.54, 1.807) is 7.11 Å². The van der Waals surface area contributed by atoms with E-state index in [-0.39, 0.29) is 17.9 Å². The van der Waals surface area contributed by atoms with Crippen LogP contribution >= 0.6 is 0 Å². The van der Waals surface area contributed by atoms with Crippen LogP contribution in [0.25, 0.3) is 0 Å². The average molecular weight is 362 g/mol. The van der Waals surface area contributed by atoms with Gasteiger partial charge in [0.2, 0.25) is 5.91 Å². The minimum atomic E-state index is 0.225. The summed E-state index contributed by atoms with van der Waals surface area (Å²) in [6.45, 7) is 2.95. The van der Waals surface area contributed by atoms with Crippen LogP contribution < -0.4 is 10.1 Å². The van der Waals surface area contributed by atoms with E-state index in [1.807, 2.05) is 12.1 Å². The molecule has 0 bridgehead atoms. The van der Waals surface area contributed by atoms with E-state index in [0.29, 0.717) is 11.8 Å². The number of para-hydroxylation sites is 1. The molecule has 2 aromatic carbocycles. The molecule has 2 aliphatic carbocycles. The van der Waals surface area contributed by atoms with Crippen molar-refractivity contribution < 1.29 is 9.53 Å². The van der Waals surface area contributed by atoms with Gasteiger partial charge < -0.3 is 10.1 Å². The molecule has 4 heteroatoms. The number of nitrogens with one attached hydrogen (secondary N) is 1. The molecule has 1 amide bonds. The lowest BCUT2D eigenvalue weighted by molar-refractivity contribution is -0.123. The second-order valence-electron chi connectivity index (χ2n) is 8.24. The Bertz CT molecular complexity index is 828. The van der Waals surface area contributed by atoms with E-state index in [2.05, 4.69) is 46.6 Å². The molecule has 1 unspecified atom stereocenters. The summed E-state index contributed by atoms with van der Waals surface area (Å²) in [5.74, 6) is 2.52. The highest BCUT2D eigenvalue weighted by Gasteiger charge is 2.59. The van der Waals surface area contributed by atoms with Crippen molar-refractivity contribution in [3.8, 4) is 5.75 Å². The standard InChI is InChI=1S/C23H26N2O2/c1-27-21-9-5-4-8-17(21)12-25-13-19-20(14-25)22(19)23(26)24-18-10-15-6-2-3-7-16(15)11-18/h2-9,18-20,22H,10-14H2,1H3,(H,24,26)/t19-,20+,22?. The first-order valence-electron chi connectivity index (χ1n) is 9.94. The zero-order chi connectivity index (χ0) is 18.4. The summed E-state index contributed by atoms with van der Waals surface area (Å²) < 4.78 is 5.46. The van der Waals surface area contributed by atoms with Gasteiger partial charge in [-0.05, 0) is 41.9 Å². The second kappa shape index (κ2) is 6.68. The van der Waals surface area contributed by atoms with Crippen molar-refractivity contribution in [2.75, 3.05) is 20.2 Å². The van der Waals surface area contributed by atoms with Gasteiger partial charge in [-0.15, -0.1) is 0 Å². The number of hydrogen-bond donors (Lipinski definition) is 1. The molecule has 5 rings (SSSR count). The molecule has 3 atom stereocenters. The first-order valence-corrected chi connectivity index (χ1v) is 9.94. The Labute approximate surface area is 160 Å². The third kappa shape index (κ3) is 3.12. The van der Waals surface area contributed by atoms with Gasteiger partial charge in [0.1, 0.15) is 5.75 Å². The number of fused-ring (bicyclic) bond motifs is 2. The molecular weight excluding hydrogens is 336 g/mol. The molecule has 0 radical (unpaired) electrons. The molecule has 1 heterocycles. The fourth-order valence-corrected chi connectivity index (χ4v) is 5.16. The van der Waals surface area contributed by atoms with E-state index < -0.39 is 0 Å². The monoisotopic (exact) mass is 362 g/mol. The predicted molar refractivity (Wildman–Crippen MR) is 105 cm³/mol. The van der Waals surface area contributed by atoms with E-state index in [4.69, 9.17) is 4.74 Å². The van der Waals surface area contributed by atoms with Crippen molar-refractivity contribution in [2.24, 2.45) is 17.8 Å². The largest absolute Gasteiger partial charge is 0.496 e. The first-order chi connectivity index (χ1) is 13.2. The molecule has 1 saturated carbocycles.